The zero-order valence-corrected chi connectivity index (χ0v) is 18.2. The van der Waals surface area contributed by atoms with E-state index in [9.17, 15) is 9.59 Å². The molecule has 1 saturated heterocycles. The first-order chi connectivity index (χ1) is 13.7. The maximum absolute atomic E-state index is 12.1. The molecule has 0 aliphatic carbocycles. The number of amides is 2. The van der Waals surface area contributed by atoms with Crippen LogP contribution in [-0.2, 0) is 9.53 Å². The highest BCUT2D eigenvalue weighted by atomic mass is 35.5. The van der Waals surface area contributed by atoms with Gasteiger partial charge in [-0.15, -0.1) is 0 Å². The quantitative estimate of drug-likeness (QED) is 0.592. The van der Waals surface area contributed by atoms with Crippen LogP contribution in [0.1, 0.15) is 57.9 Å². The molecule has 1 heterocycles. The smallest absolute Gasteiger partial charge is 0.407 e. The van der Waals surface area contributed by atoms with E-state index in [1.165, 1.54) is 0 Å². The van der Waals surface area contributed by atoms with Crippen molar-refractivity contribution in [2.45, 2.75) is 64.0 Å². The van der Waals surface area contributed by atoms with E-state index in [0.29, 0.717) is 23.1 Å². The van der Waals surface area contributed by atoms with Gasteiger partial charge in [-0.3, -0.25) is 4.79 Å². The molecule has 1 atom stereocenters. The van der Waals surface area contributed by atoms with Gasteiger partial charge in [-0.25, -0.2) is 4.79 Å². The van der Waals surface area contributed by atoms with Crippen molar-refractivity contribution in [3.8, 4) is 5.75 Å². The third-order valence-corrected chi connectivity index (χ3v) is 5.08. The lowest BCUT2D eigenvalue weighted by atomic mass is 9.90. The number of halogens is 1. The van der Waals surface area contributed by atoms with E-state index >= 15 is 0 Å². The summed E-state index contributed by atoms with van der Waals surface area (Å²) >= 11 is 6.61. The van der Waals surface area contributed by atoms with Gasteiger partial charge in [0.2, 0.25) is 5.91 Å². The zero-order valence-electron chi connectivity index (χ0n) is 17.4. The molecule has 0 saturated carbocycles. The number of nitrogens with two attached hydrogens (primary N) is 1. The third kappa shape index (κ3) is 8.11. The van der Waals surface area contributed by atoms with E-state index in [1.807, 2.05) is 18.2 Å². The van der Waals surface area contributed by atoms with E-state index in [1.54, 1.807) is 20.8 Å². The molecule has 1 aliphatic rings. The maximum atomic E-state index is 12.1. The fourth-order valence-electron chi connectivity index (χ4n) is 3.27. The average molecular weight is 426 g/mol. The first kappa shape index (κ1) is 23.3. The lowest BCUT2D eigenvalue weighted by Crippen LogP contribution is -2.42. The number of piperidine rings is 1. The standard InChI is InChI=1S/C21H32ClN3O4/c1-21(2,3)29-20(27)25-15(7-8-18(23)26)13-28-17-6-4-5-16(19(17)22)14-9-11-24-12-10-14/h4-6,14-15,24H,7-13H2,1-3H3,(H2,23,26)(H,25,27)/t15-/m0/s1. The second-order valence-corrected chi connectivity index (χ2v) is 8.72. The molecule has 0 unspecified atom stereocenters. The fourth-order valence-corrected chi connectivity index (χ4v) is 3.60. The molecule has 1 aliphatic heterocycles. The monoisotopic (exact) mass is 425 g/mol. The number of primary amides is 1. The van der Waals surface area contributed by atoms with Crippen molar-refractivity contribution in [3.63, 3.8) is 0 Å². The van der Waals surface area contributed by atoms with Crippen LogP contribution in [0.15, 0.2) is 18.2 Å². The molecule has 1 aromatic rings. The molecule has 1 fully saturated rings. The van der Waals surface area contributed by atoms with Gasteiger partial charge in [0, 0.05) is 6.42 Å². The van der Waals surface area contributed by atoms with Gasteiger partial charge in [0.1, 0.15) is 18.0 Å². The minimum absolute atomic E-state index is 0.132. The average Bonchev–Trinajstić information content (AvgIpc) is 2.64. The van der Waals surface area contributed by atoms with Crippen molar-refractivity contribution in [1.82, 2.24) is 10.6 Å². The van der Waals surface area contributed by atoms with Crippen LogP contribution >= 0.6 is 11.6 Å². The van der Waals surface area contributed by atoms with Crippen LogP contribution in [0.3, 0.4) is 0 Å². The Morgan fingerprint density at radius 3 is 2.62 bits per heavy atom. The molecule has 2 amide bonds. The van der Waals surface area contributed by atoms with Crippen LogP contribution in [0.2, 0.25) is 5.02 Å². The molecule has 0 aromatic heterocycles. The molecule has 0 bridgehead atoms. The minimum atomic E-state index is -0.619. The molecular formula is C21H32ClN3O4. The van der Waals surface area contributed by atoms with Crippen molar-refractivity contribution < 1.29 is 19.1 Å². The molecule has 162 valence electrons. The van der Waals surface area contributed by atoms with Gasteiger partial charge < -0.3 is 25.8 Å². The number of benzene rings is 1. The maximum Gasteiger partial charge on any atom is 0.407 e. The number of hydrogen-bond donors (Lipinski definition) is 3. The number of alkyl carbamates (subject to hydrolysis) is 1. The highest BCUT2D eigenvalue weighted by molar-refractivity contribution is 6.32. The summed E-state index contributed by atoms with van der Waals surface area (Å²) in [5, 5.41) is 6.71. The SMILES string of the molecule is CC(C)(C)OC(=O)N[C@@H](CCC(N)=O)COc1cccc(C2CCNCC2)c1Cl. The Bertz CT molecular complexity index is 700. The van der Waals surface area contributed by atoms with Gasteiger partial charge >= 0.3 is 6.09 Å². The molecule has 0 radical (unpaired) electrons. The Hall–Kier alpha value is -1.99. The van der Waals surface area contributed by atoms with Crippen LogP contribution in [0.4, 0.5) is 4.79 Å². The molecule has 7 nitrogen and oxygen atoms in total. The lowest BCUT2D eigenvalue weighted by molar-refractivity contribution is -0.118. The Kier molecular flexibility index (Phi) is 8.59. The molecule has 1 aromatic carbocycles. The molecule has 8 heteroatoms. The highest BCUT2D eigenvalue weighted by Gasteiger charge is 2.22. The Morgan fingerprint density at radius 1 is 1.31 bits per heavy atom. The summed E-state index contributed by atoms with van der Waals surface area (Å²) in [6, 6.07) is 5.34. The number of carbonyl (C=O) groups excluding carboxylic acids is 2. The number of nitrogens with one attached hydrogen (secondary N) is 2. The Labute approximate surface area is 177 Å². The topological polar surface area (TPSA) is 103 Å². The van der Waals surface area contributed by atoms with E-state index in [2.05, 4.69) is 10.6 Å². The van der Waals surface area contributed by atoms with Gasteiger partial charge in [0.15, 0.2) is 0 Å². The largest absolute Gasteiger partial charge is 0.490 e. The van der Waals surface area contributed by atoms with Crippen LogP contribution in [0.5, 0.6) is 5.75 Å². The van der Waals surface area contributed by atoms with Gasteiger partial charge in [0.25, 0.3) is 0 Å². The number of ether oxygens (including phenoxy) is 2. The molecule has 29 heavy (non-hydrogen) atoms. The van der Waals surface area contributed by atoms with Crippen molar-refractivity contribution in [1.29, 1.82) is 0 Å². The first-order valence-corrected chi connectivity index (χ1v) is 10.4. The predicted molar refractivity (Wildman–Crippen MR) is 113 cm³/mol. The van der Waals surface area contributed by atoms with E-state index in [-0.39, 0.29) is 13.0 Å². The van der Waals surface area contributed by atoms with Crippen LogP contribution in [-0.4, -0.2) is 43.3 Å². The minimum Gasteiger partial charge on any atom is -0.490 e. The highest BCUT2D eigenvalue weighted by Crippen LogP contribution is 2.36. The summed E-state index contributed by atoms with van der Waals surface area (Å²) in [7, 11) is 0. The van der Waals surface area contributed by atoms with Gasteiger partial charge in [-0.1, -0.05) is 23.7 Å². The third-order valence-electron chi connectivity index (χ3n) is 4.67. The van der Waals surface area contributed by atoms with Crippen LogP contribution < -0.4 is 21.1 Å². The summed E-state index contributed by atoms with van der Waals surface area (Å²) in [6.45, 7) is 7.46. The lowest BCUT2D eigenvalue weighted by Gasteiger charge is -2.25. The van der Waals surface area contributed by atoms with E-state index < -0.39 is 23.6 Å². The summed E-state index contributed by atoms with van der Waals surface area (Å²) in [6.07, 6.45) is 1.98. The predicted octanol–water partition coefficient (Wildman–Crippen LogP) is 3.34. The zero-order chi connectivity index (χ0) is 21.4. The summed E-state index contributed by atoms with van der Waals surface area (Å²) in [5.41, 5.74) is 5.72. The van der Waals surface area contributed by atoms with Gasteiger partial charge in [-0.05, 0) is 70.7 Å². The first-order valence-electron chi connectivity index (χ1n) is 10.1. The van der Waals surface area contributed by atoms with Crippen molar-refractivity contribution >= 4 is 23.6 Å². The Morgan fingerprint density at radius 2 is 2.00 bits per heavy atom. The fraction of sp³-hybridized carbons (Fsp3) is 0.619. The summed E-state index contributed by atoms with van der Waals surface area (Å²) < 4.78 is 11.2. The number of rotatable bonds is 8. The number of carbonyl (C=O) groups is 2. The van der Waals surface area contributed by atoms with E-state index in [4.69, 9.17) is 26.8 Å². The van der Waals surface area contributed by atoms with Gasteiger partial charge in [-0.2, -0.15) is 0 Å². The molecule has 0 spiro atoms. The van der Waals surface area contributed by atoms with Gasteiger partial charge in [0.05, 0.1) is 11.1 Å². The van der Waals surface area contributed by atoms with E-state index in [0.717, 1.165) is 31.5 Å². The second-order valence-electron chi connectivity index (χ2n) is 8.34. The Balaban J connectivity index is 2.03. The van der Waals surface area contributed by atoms with Crippen molar-refractivity contribution in [2.24, 2.45) is 5.73 Å². The van der Waals surface area contributed by atoms with Crippen molar-refractivity contribution in [3.05, 3.63) is 28.8 Å². The molecule has 2 rings (SSSR count). The normalized spacial score (nSPS) is 16.1. The number of hydrogen-bond acceptors (Lipinski definition) is 5. The summed E-state index contributed by atoms with van der Waals surface area (Å²) in [5.74, 6) is 0.530. The molecule has 4 N–H and O–H groups in total. The van der Waals surface area contributed by atoms with Crippen LogP contribution in [0.25, 0.3) is 0 Å². The summed E-state index contributed by atoms with van der Waals surface area (Å²) in [4.78, 5) is 23.3. The second kappa shape index (κ2) is 10.7. The van der Waals surface area contributed by atoms with Crippen molar-refractivity contribution in [2.75, 3.05) is 19.7 Å². The molecular weight excluding hydrogens is 394 g/mol. The van der Waals surface area contributed by atoms with Crippen LogP contribution in [0, 0.1) is 0 Å².